The second-order valence-electron chi connectivity index (χ2n) is 8.92. The highest BCUT2D eigenvalue weighted by atomic mass is 32.3. The monoisotopic (exact) mass is 600 g/mol. The van der Waals surface area contributed by atoms with Crippen molar-refractivity contribution in [1.82, 2.24) is 15.0 Å². The van der Waals surface area contributed by atoms with Crippen LogP contribution in [0.2, 0.25) is 0 Å². The van der Waals surface area contributed by atoms with E-state index in [0.717, 1.165) is 6.08 Å². The third kappa shape index (κ3) is 6.44. The average molecular weight is 601 g/mol. The number of nitrogens with one attached hydrogen (secondary N) is 2. The van der Waals surface area contributed by atoms with Gasteiger partial charge in [-0.15, -0.1) is 0 Å². The summed E-state index contributed by atoms with van der Waals surface area (Å²) in [4.78, 5) is 14.3. The lowest BCUT2D eigenvalue weighted by Gasteiger charge is -2.36. The highest BCUT2D eigenvalue weighted by Gasteiger charge is 2.62. The first-order valence-corrected chi connectivity index (χ1v) is 15.1. The highest BCUT2D eigenvalue weighted by molar-refractivity contribution is 8.05. The maximum absolute atomic E-state index is 12.9. The molecule has 15 heteroatoms. The van der Waals surface area contributed by atoms with Crippen LogP contribution in [-0.4, -0.2) is 70.3 Å². The summed E-state index contributed by atoms with van der Waals surface area (Å²) in [5.41, 5.74) is 0.604. The highest BCUT2D eigenvalue weighted by Crippen LogP contribution is 2.43. The van der Waals surface area contributed by atoms with Crippen molar-refractivity contribution in [2.75, 3.05) is 35.7 Å². The lowest BCUT2D eigenvalue weighted by Crippen LogP contribution is -2.55. The van der Waals surface area contributed by atoms with Crippen LogP contribution in [0.1, 0.15) is 5.56 Å². The number of anilines is 4. The molecule has 0 bridgehead atoms. The molecule has 0 fully saturated rings. The van der Waals surface area contributed by atoms with E-state index in [1.54, 1.807) is 61.6 Å². The fourth-order valence-electron chi connectivity index (χ4n) is 4.22. The maximum atomic E-state index is 12.9. The Hall–Kier alpha value is -4.15. The van der Waals surface area contributed by atoms with Gasteiger partial charge in [0.25, 0.3) is 24.3 Å². The Kier molecular flexibility index (Phi) is 8.84. The zero-order chi connectivity index (χ0) is 29.7. The van der Waals surface area contributed by atoms with Crippen molar-refractivity contribution in [3.8, 4) is 0 Å². The summed E-state index contributed by atoms with van der Waals surface area (Å²) in [7, 11) is -9.53. The molecule has 216 valence electrons. The number of nitrogens with zero attached hydrogens (tertiary/aromatic N) is 4. The predicted molar refractivity (Wildman–Crippen MR) is 156 cm³/mol. The number of likely N-dealkylation sites (N-methyl/N-ethyl adjacent to an activating group) is 1. The number of benzene rings is 2. The van der Waals surface area contributed by atoms with Gasteiger partial charge in [0.1, 0.15) is 0 Å². The summed E-state index contributed by atoms with van der Waals surface area (Å²) in [6, 6.07) is 17.5. The van der Waals surface area contributed by atoms with Gasteiger partial charge in [0, 0.05) is 25.2 Å². The van der Waals surface area contributed by atoms with Crippen molar-refractivity contribution >= 4 is 49.8 Å². The second kappa shape index (κ2) is 12.2. The normalized spacial score (nSPS) is 16.8. The zero-order valence-corrected chi connectivity index (χ0v) is 23.4. The van der Waals surface area contributed by atoms with Crippen molar-refractivity contribution in [1.29, 1.82) is 0 Å². The Labute approximate surface area is 237 Å². The van der Waals surface area contributed by atoms with E-state index in [2.05, 4.69) is 25.6 Å². The van der Waals surface area contributed by atoms with Crippen molar-refractivity contribution in [3.63, 3.8) is 0 Å². The molecule has 0 amide bonds. The number of hydrogen-bond donors (Lipinski definition) is 5. The number of aliphatic hydroxyl groups excluding tert-OH is 1. The third-order valence-electron chi connectivity index (χ3n) is 6.13. The fraction of sp³-hybridized carbons (Fsp3) is 0.192. The van der Waals surface area contributed by atoms with Crippen LogP contribution >= 0.6 is 0 Å². The molecule has 4 rings (SSSR count). The number of para-hydroxylation sites is 1. The summed E-state index contributed by atoms with van der Waals surface area (Å²) in [6.07, 6.45) is 6.40. The quantitative estimate of drug-likeness (QED) is 0.202. The fourth-order valence-corrected chi connectivity index (χ4v) is 7.08. The molecule has 41 heavy (non-hydrogen) atoms. The molecule has 0 saturated carbocycles. The Bertz CT molecular complexity index is 1650. The smallest absolute Gasteiger partial charge is 0.294 e. The molecule has 1 atom stereocenters. The summed E-state index contributed by atoms with van der Waals surface area (Å²) in [5, 5.41) is 14.9. The van der Waals surface area contributed by atoms with E-state index < -0.39 is 35.9 Å². The van der Waals surface area contributed by atoms with E-state index >= 15 is 0 Å². The van der Waals surface area contributed by atoms with E-state index in [4.69, 9.17) is 0 Å². The van der Waals surface area contributed by atoms with E-state index in [9.17, 15) is 31.0 Å². The minimum absolute atomic E-state index is 0.00489. The van der Waals surface area contributed by atoms with Crippen LogP contribution < -0.4 is 15.5 Å². The number of aromatic nitrogens is 3. The van der Waals surface area contributed by atoms with Gasteiger partial charge in [-0.1, -0.05) is 72.8 Å². The van der Waals surface area contributed by atoms with E-state index in [1.807, 2.05) is 6.07 Å². The Morgan fingerprint density at radius 3 is 2.07 bits per heavy atom. The van der Waals surface area contributed by atoms with Gasteiger partial charge in [0.05, 0.1) is 12.3 Å². The summed E-state index contributed by atoms with van der Waals surface area (Å²) in [5.74, 6) is -1.82. The van der Waals surface area contributed by atoms with Crippen LogP contribution in [0.5, 0.6) is 0 Å². The molecule has 1 aromatic heterocycles. The topological polar surface area (TPSA) is 195 Å². The van der Waals surface area contributed by atoms with Crippen molar-refractivity contribution in [2.45, 2.75) is 4.08 Å². The second-order valence-corrected chi connectivity index (χ2v) is 12.4. The molecule has 1 aliphatic rings. The SMILES string of the molecule is CN(CCO)c1nc(NC2=CC=CC(C=Cc3ccccc3)C2(S(=O)(=O)O)S(=O)(=O)O)nc(Nc2ccccc2)n1. The minimum Gasteiger partial charge on any atom is -0.395 e. The van der Waals surface area contributed by atoms with E-state index in [0.29, 0.717) is 11.3 Å². The molecule has 3 aromatic rings. The maximum Gasteiger partial charge on any atom is 0.294 e. The van der Waals surface area contributed by atoms with Crippen molar-refractivity contribution < 1.29 is 31.0 Å². The van der Waals surface area contributed by atoms with Gasteiger partial charge in [0.2, 0.25) is 17.8 Å². The van der Waals surface area contributed by atoms with Crippen molar-refractivity contribution in [3.05, 3.63) is 96.2 Å². The molecular formula is C26H28N6O7S2. The number of aliphatic hydroxyl groups is 1. The third-order valence-corrected chi connectivity index (χ3v) is 9.92. The first-order valence-electron chi connectivity index (χ1n) is 12.2. The Morgan fingerprint density at radius 1 is 0.902 bits per heavy atom. The first kappa shape index (κ1) is 29.8. The molecule has 5 N–H and O–H groups in total. The van der Waals surface area contributed by atoms with Gasteiger partial charge < -0.3 is 20.6 Å². The molecule has 1 heterocycles. The van der Waals surface area contributed by atoms with Crippen LogP contribution in [0.25, 0.3) is 6.08 Å². The van der Waals surface area contributed by atoms with Crippen LogP contribution in [0.15, 0.2) is 90.7 Å². The molecule has 1 unspecified atom stereocenters. The van der Waals surface area contributed by atoms with Gasteiger partial charge in [0.15, 0.2) is 0 Å². The average Bonchev–Trinajstić information content (AvgIpc) is 2.91. The lowest BCUT2D eigenvalue weighted by molar-refractivity contribution is 0.303. The zero-order valence-electron chi connectivity index (χ0n) is 21.7. The summed E-state index contributed by atoms with van der Waals surface area (Å²) < 4.78 is 69.1. The minimum atomic E-state index is -5.56. The van der Waals surface area contributed by atoms with Gasteiger partial charge in [-0.2, -0.15) is 31.8 Å². The standard InChI is InChI=1S/C26H28N6O7S2/c1-32(17-18-33)25-30-23(27-21-12-6-3-7-13-21)29-24(31-25)28-22-14-8-11-20(16-15-19-9-4-2-5-10-19)26(22,40(34,35)36)41(37,38)39/h2-16,20,33H,17-18H2,1H3,(H,34,35,36)(H,37,38,39)(H2,27,28,29,30,31). The molecule has 0 saturated heterocycles. The molecule has 0 aliphatic heterocycles. The van der Waals surface area contributed by atoms with Gasteiger partial charge in [-0.25, -0.2) is 0 Å². The summed E-state index contributed by atoms with van der Waals surface area (Å²) >= 11 is 0. The number of hydrogen-bond acceptors (Lipinski definition) is 11. The van der Waals surface area contributed by atoms with E-state index in [1.165, 1.54) is 29.2 Å². The molecule has 13 nitrogen and oxygen atoms in total. The van der Waals surface area contributed by atoms with E-state index in [-0.39, 0.29) is 31.0 Å². The largest absolute Gasteiger partial charge is 0.395 e. The van der Waals surface area contributed by atoms with Crippen LogP contribution in [0, 0.1) is 5.92 Å². The summed E-state index contributed by atoms with van der Waals surface area (Å²) in [6.45, 7) is -0.0988. The van der Waals surface area contributed by atoms with Crippen molar-refractivity contribution in [2.24, 2.45) is 5.92 Å². The lowest BCUT2D eigenvalue weighted by atomic mass is 9.95. The van der Waals surface area contributed by atoms with Crippen LogP contribution in [0.4, 0.5) is 23.5 Å². The Morgan fingerprint density at radius 2 is 1.49 bits per heavy atom. The Balaban J connectivity index is 1.82. The molecular weight excluding hydrogens is 572 g/mol. The molecule has 0 radical (unpaired) electrons. The van der Waals surface area contributed by atoms with Gasteiger partial charge in [-0.05, 0) is 23.8 Å². The number of allylic oxidation sites excluding steroid dienone is 4. The van der Waals surface area contributed by atoms with Crippen LogP contribution in [0.3, 0.4) is 0 Å². The van der Waals surface area contributed by atoms with Gasteiger partial charge >= 0.3 is 0 Å². The molecule has 1 aliphatic carbocycles. The molecule has 0 spiro atoms. The van der Waals surface area contributed by atoms with Gasteiger partial charge in [-0.3, -0.25) is 9.11 Å². The predicted octanol–water partition coefficient (Wildman–Crippen LogP) is 2.71. The number of rotatable bonds is 11. The first-order chi connectivity index (χ1) is 19.5. The molecule has 2 aromatic carbocycles. The van der Waals surface area contributed by atoms with Crippen LogP contribution in [-0.2, 0) is 20.2 Å².